The molecule has 0 atom stereocenters. The van der Waals surface area contributed by atoms with Crippen molar-refractivity contribution < 1.29 is 19.1 Å². The fourth-order valence-electron chi connectivity index (χ4n) is 3.41. The fraction of sp³-hybridized carbons (Fsp3) is 0.435. The quantitative estimate of drug-likeness (QED) is 0.525. The number of carbonyl (C=O) groups is 2. The minimum absolute atomic E-state index is 0.0677. The van der Waals surface area contributed by atoms with E-state index in [0.29, 0.717) is 45.0 Å². The molecule has 2 heterocycles. The molecule has 0 aliphatic carbocycles. The summed E-state index contributed by atoms with van der Waals surface area (Å²) in [5.74, 6) is 0.203. The number of hydrogen-bond donors (Lipinski definition) is 0. The number of pyridine rings is 1. The predicted octanol–water partition coefficient (Wildman–Crippen LogP) is 3.84. The van der Waals surface area contributed by atoms with Crippen LogP contribution in [0.15, 0.2) is 36.4 Å². The average Bonchev–Trinajstić information content (AvgIpc) is 2.76. The number of para-hydroxylation sites is 1. The molecular weight excluding hydrogens is 368 g/mol. The molecule has 29 heavy (non-hydrogen) atoms. The molecule has 1 aromatic heterocycles. The summed E-state index contributed by atoms with van der Waals surface area (Å²) < 4.78 is 10.9. The van der Waals surface area contributed by atoms with Crippen LogP contribution in [0.4, 0.5) is 0 Å². The second-order valence-electron chi connectivity index (χ2n) is 7.11. The first-order valence-corrected chi connectivity index (χ1v) is 10.3. The minimum Gasteiger partial charge on any atom is -0.477 e. The first kappa shape index (κ1) is 20.8. The Morgan fingerprint density at radius 3 is 2.69 bits per heavy atom. The molecule has 0 spiro atoms. The van der Waals surface area contributed by atoms with Crippen LogP contribution in [-0.4, -0.2) is 48.1 Å². The molecule has 0 radical (unpaired) electrons. The van der Waals surface area contributed by atoms with Gasteiger partial charge in [-0.05, 0) is 44.4 Å². The largest absolute Gasteiger partial charge is 0.477 e. The molecule has 0 bridgehead atoms. The summed E-state index contributed by atoms with van der Waals surface area (Å²) >= 11 is 0. The van der Waals surface area contributed by atoms with Crippen molar-refractivity contribution in [3.05, 3.63) is 42.0 Å². The molecule has 1 aliphatic heterocycles. The van der Waals surface area contributed by atoms with Crippen molar-refractivity contribution in [3.8, 4) is 5.88 Å². The van der Waals surface area contributed by atoms with Crippen molar-refractivity contribution in [2.24, 2.45) is 5.92 Å². The van der Waals surface area contributed by atoms with Crippen molar-refractivity contribution in [1.82, 2.24) is 9.88 Å². The summed E-state index contributed by atoms with van der Waals surface area (Å²) in [7, 11) is 0. The van der Waals surface area contributed by atoms with Crippen LogP contribution in [0.2, 0.25) is 0 Å². The summed E-state index contributed by atoms with van der Waals surface area (Å²) in [6.07, 6.45) is 5.49. The summed E-state index contributed by atoms with van der Waals surface area (Å²) in [6.45, 7) is 5.93. The maximum atomic E-state index is 12.6. The molecule has 2 aromatic rings. The molecule has 6 nitrogen and oxygen atoms in total. The van der Waals surface area contributed by atoms with Crippen LogP contribution in [0.1, 0.15) is 38.7 Å². The van der Waals surface area contributed by atoms with Gasteiger partial charge in [-0.25, -0.2) is 4.98 Å². The van der Waals surface area contributed by atoms with Crippen molar-refractivity contribution in [2.45, 2.75) is 33.1 Å². The van der Waals surface area contributed by atoms with Crippen LogP contribution in [0.5, 0.6) is 5.88 Å². The van der Waals surface area contributed by atoms with Gasteiger partial charge in [0.25, 0.3) is 0 Å². The van der Waals surface area contributed by atoms with E-state index in [-0.39, 0.29) is 17.8 Å². The van der Waals surface area contributed by atoms with E-state index in [2.05, 4.69) is 4.98 Å². The Morgan fingerprint density at radius 1 is 1.21 bits per heavy atom. The number of esters is 1. The Labute approximate surface area is 171 Å². The zero-order valence-electron chi connectivity index (χ0n) is 17.1. The highest BCUT2D eigenvalue weighted by molar-refractivity contribution is 5.93. The number of rotatable bonds is 7. The van der Waals surface area contributed by atoms with E-state index in [1.807, 2.05) is 44.2 Å². The number of ether oxygens (including phenoxy) is 2. The van der Waals surface area contributed by atoms with Crippen molar-refractivity contribution in [1.29, 1.82) is 0 Å². The van der Waals surface area contributed by atoms with E-state index in [0.717, 1.165) is 22.9 Å². The smallest absolute Gasteiger partial charge is 0.309 e. The minimum atomic E-state index is -0.157. The molecule has 6 heteroatoms. The van der Waals surface area contributed by atoms with Gasteiger partial charge in [0, 0.05) is 30.1 Å². The molecule has 3 rings (SSSR count). The highest BCUT2D eigenvalue weighted by Gasteiger charge is 2.27. The molecule has 1 aliphatic rings. The van der Waals surface area contributed by atoms with Gasteiger partial charge in [0.15, 0.2) is 0 Å². The van der Waals surface area contributed by atoms with Gasteiger partial charge in [-0.3, -0.25) is 9.59 Å². The number of likely N-dealkylation sites (tertiary alicyclic amines) is 1. The molecule has 1 amide bonds. The van der Waals surface area contributed by atoms with Gasteiger partial charge in [-0.15, -0.1) is 0 Å². The first-order valence-electron chi connectivity index (χ1n) is 10.3. The van der Waals surface area contributed by atoms with Gasteiger partial charge in [0.1, 0.15) is 0 Å². The van der Waals surface area contributed by atoms with Gasteiger partial charge < -0.3 is 14.4 Å². The van der Waals surface area contributed by atoms with Gasteiger partial charge in [0.05, 0.1) is 24.6 Å². The Morgan fingerprint density at radius 2 is 1.97 bits per heavy atom. The Kier molecular flexibility index (Phi) is 7.22. The van der Waals surface area contributed by atoms with Gasteiger partial charge in [0.2, 0.25) is 11.8 Å². The summed E-state index contributed by atoms with van der Waals surface area (Å²) in [5.41, 5.74) is 1.65. The Bertz CT molecular complexity index is 886. The highest BCUT2D eigenvalue weighted by Crippen LogP contribution is 2.24. The predicted molar refractivity (Wildman–Crippen MR) is 113 cm³/mol. The fourth-order valence-corrected chi connectivity index (χ4v) is 3.41. The van der Waals surface area contributed by atoms with Gasteiger partial charge in [-0.2, -0.15) is 0 Å². The van der Waals surface area contributed by atoms with Crippen LogP contribution >= 0.6 is 0 Å². The number of piperidine rings is 1. The zero-order chi connectivity index (χ0) is 20.6. The third kappa shape index (κ3) is 5.34. The Hall–Kier alpha value is -2.89. The van der Waals surface area contributed by atoms with Crippen LogP contribution in [0.25, 0.3) is 17.0 Å². The molecule has 1 aromatic carbocycles. The topological polar surface area (TPSA) is 68.7 Å². The number of benzene rings is 1. The second-order valence-corrected chi connectivity index (χ2v) is 7.11. The van der Waals surface area contributed by atoms with Crippen molar-refractivity contribution in [2.75, 3.05) is 26.3 Å². The number of amides is 1. The third-order valence-corrected chi connectivity index (χ3v) is 4.99. The van der Waals surface area contributed by atoms with Crippen molar-refractivity contribution in [3.63, 3.8) is 0 Å². The lowest BCUT2D eigenvalue weighted by atomic mass is 9.97. The number of hydrogen-bond acceptors (Lipinski definition) is 5. The molecule has 0 saturated carbocycles. The van der Waals surface area contributed by atoms with Crippen LogP contribution in [-0.2, 0) is 14.3 Å². The highest BCUT2D eigenvalue weighted by atomic mass is 16.5. The van der Waals surface area contributed by atoms with E-state index in [1.165, 1.54) is 0 Å². The molecule has 1 fully saturated rings. The first-order chi connectivity index (χ1) is 14.1. The summed E-state index contributed by atoms with van der Waals surface area (Å²) in [4.78, 5) is 30.9. The van der Waals surface area contributed by atoms with E-state index >= 15 is 0 Å². The van der Waals surface area contributed by atoms with Gasteiger partial charge >= 0.3 is 5.97 Å². The van der Waals surface area contributed by atoms with Crippen molar-refractivity contribution >= 4 is 28.9 Å². The van der Waals surface area contributed by atoms with Crippen LogP contribution < -0.4 is 4.74 Å². The molecule has 0 unspecified atom stereocenters. The van der Waals surface area contributed by atoms with E-state index in [4.69, 9.17) is 9.47 Å². The lowest BCUT2D eigenvalue weighted by Gasteiger charge is -2.30. The number of nitrogens with zero attached hydrogens (tertiary/aromatic N) is 2. The SMILES string of the molecule is CCCOc1nc2ccccc2cc1/C=C/C(=O)N1CCC(C(=O)OCC)CC1. The lowest BCUT2D eigenvalue weighted by molar-refractivity contribution is -0.150. The molecule has 154 valence electrons. The number of aromatic nitrogens is 1. The standard InChI is InChI=1S/C23H28N2O4/c1-3-15-29-22-19(16-18-7-5-6-8-20(18)24-22)9-10-21(26)25-13-11-17(12-14-25)23(27)28-4-2/h5-10,16-17H,3-4,11-15H2,1-2H3/b10-9+. The second kappa shape index (κ2) is 10.0. The van der Waals surface area contributed by atoms with E-state index in [9.17, 15) is 9.59 Å². The molecule has 0 N–H and O–H groups in total. The van der Waals surface area contributed by atoms with Crippen LogP contribution in [0.3, 0.4) is 0 Å². The molecular formula is C23H28N2O4. The van der Waals surface area contributed by atoms with E-state index < -0.39 is 0 Å². The maximum Gasteiger partial charge on any atom is 0.309 e. The zero-order valence-corrected chi connectivity index (χ0v) is 17.1. The lowest BCUT2D eigenvalue weighted by Crippen LogP contribution is -2.39. The summed E-state index contributed by atoms with van der Waals surface area (Å²) in [6, 6.07) is 9.83. The molecule has 1 saturated heterocycles. The monoisotopic (exact) mass is 396 g/mol. The van der Waals surface area contributed by atoms with E-state index in [1.54, 1.807) is 17.1 Å². The van der Waals surface area contributed by atoms with Crippen LogP contribution in [0, 0.1) is 5.92 Å². The Balaban J connectivity index is 1.69. The third-order valence-electron chi connectivity index (χ3n) is 4.99. The maximum absolute atomic E-state index is 12.6. The average molecular weight is 396 g/mol. The normalized spacial score (nSPS) is 15.0. The number of fused-ring (bicyclic) bond motifs is 1. The van der Waals surface area contributed by atoms with Gasteiger partial charge in [-0.1, -0.05) is 25.1 Å². The number of carbonyl (C=O) groups excluding carboxylic acids is 2. The summed E-state index contributed by atoms with van der Waals surface area (Å²) in [5, 5.41) is 0.999.